The zero-order valence-electron chi connectivity index (χ0n) is 28.5. The van der Waals surface area contributed by atoms with Crippen LogP contribution < -0.4 is 15.8 Å². The molecule has 0 radical (unpaired) electrons. The van der Waals surface area contributed by atoms with Gasteiger partial charge >= 0.3 is 6.85 Å². The first-order chi connectivity index (χ1) is 26.3. The third-order valence-corrected chi connectivity index (χ3v) is 12.9. The van der Waals surface area contributed by atoms with Gasteiger partial charge in [-0.1, -0.05) is 115 Å². The summed E-state index contributed by atoms with van der Waals surface area (Å²) in [5, 5.41) is 12.7. The maximum Gasteiger partial charge on any atom is 0.333 e. The Morgan fingerprint density at radius 3 is 1.94 bits per heavy atom. The molecule has 0 atom stereocenters. The lowest BCUT2D eigenvalue weighted by Crippen LogP contribution is -2.55. The van der Waals surface area contributed by atoms with Crippen molar-refractivity contribution in [2.45, 2.75) is 0 Å². The van der Waals surface area contributed by atoms with Crippen LogP contribution in [0.5, 0.6) is 0 Å². The summed E-state index contributed by atoms with van der Waals surface area (Å²) in [6.45, 7) is 0.0254. The van der Waals surface area contributed by atoms with Crippen LogP contribution in [0.2, 0.25) is 0 Å². The summed E-state index contributed by atoms with van der Waals surface area (Å²) in [6, 6.07) is 60.8. The average Bonchev–Trinajstić information content (AvgIpc) is 3.90. The second-order valence-corrected chi connectivity index (χ2v) is 15.4. The van der Waals surface area contributed by atoms with Gasteiger partial charge in [-0.3, -0.25) is 0 Å². The molecule has 244 valence electrons. The van der Waals surface area contributed by atoms with E-state index < -0.39 is 0 Å². The number of hydrogen-bond acceptors (Lipinski definition) is 2. The molecule has 2 aliphatic heterocycles. The summed E-state index contributed by atoms with van der Waals surface area (Å²) < 4.78 is 5.17. The lowest BCUT2D eigenvalue weighted by Gasteiger charge is -2.38. The van der Waals surface area contributed by atoms with Crippen molar-refractivity contribution in [3.8, 4) is 16.1 Å². The maximum absolute atomic E-state index is 2.69. The third kappa shape index (κ3) is 3.55. The van der Waals surface area contributed by atoms with E-state index in [1.807, 2.05) is 11.3 Å². The molecule has 3 nitrogen and oxygen atoms in total. The van der Waals surface area contributed by atoms with Crippen molar-refractivity contribution in [3.05, 3.63) is 169 Å². The second kappa shape index (κ2) is 10.1. The summed E-state index contributed by atoms with van der Waals surface area (Å²) in [5.74, 6) is 0. The summed E-state index contributed by atoms with van der Waals surface area (Å²) in [6.07, 6.45) is 0. The Morgan fingerprint density at radius 2 is 1.13 bits per heavy atom. The highest BCUT2D eigenvalue weighted by atomic mass is 32.1. The minimum atomic E-state index is 0.0254. The highest BCUT2D eigenvalue weighted by Gasteiger charge is 2.44. The van der Waals surface area contributed by atoms with Gasteiger partial charge in [0.2, 0.25) is 0 Å². The van der Waals surface area contributed by atoms with Crippen LogP contribution in [0.4, 0.5) is 17.1 Å². The molecule has 0 saturated heterocycles. The number of thiophene rings is 1. The van der Waals surface area contributed by atoms with Gasteiger partial charge in [0.1, 0.15) is 0 Å². The number of hydrogen-bond donors (Lipinski definition) is 0. The molecule has 0 spiro atoms. The van der Waals surface area contributed by atoms with E-state index in [0.29, 0.717) is 0 Å². The SMILES string of the molecule is c1ccc(-n2c3ccccc3c3c4c5ccccc5n5c4c(cc32)-c2scc3c2B5c2cc4ccccc4cc2N3c2ccc3ccccc3c2)cc1. The lowest BCUT2D eigenvalue weighted by molar-refractivity contribution is 1.18. The first kappa shape index (κ1) is 28.1. The number of nitrogens with zero attached hydrogens (tertiary/aromatic N) is 3. The molecule has 0 bridgehead atoms. The molecule has 0 fully saturated rings. The standard InChI is InChI=1S/C48H28BN3S/c1-2-16-33(17-3-1)50-39-20-10-8-18-35(39)44-42(50)27-37-47-45(44)36-19-9-11-21-40(36)52(47)49-38-25-31-14-6-7-15-32(31)26-41(38)51(43-28-53-48(37)46(43)49)34-23-22-29-12-4-5-13-30(29)24-34/h1-28H. The average molecular weight is 690 g/mol. The van der Waals surface area contributed by atoms with E-state index in [9.17, 15) is 0 Å². The van der Waals surface area contributed by atoms with Crippen molar-refractivity contribution < 1.29 is 0 Å². The zero-order chi connectivity index (χ0) is 34.4. The number of para-hydroxylation sites is 3. The van der Waals surface area contributed by atoms with Crippen LogP contribution >= 0.6 is 11.3 Å². The van der Waals surface area contributed by atoms with Crippen LogP contribution in [0.25, 0.3) is 81.3 Å². The van der Waals surface area contributed by atoms with Gasteiger partial charge in [0.15, 0.2) is 0 Å². The van der Waals surface area contributed by atoms with Crippen molar-refractivity contribution in [2.24, 2.45) is 0 Å². The van der Waals surface area contributed by atoms with Crippen LogP contribution in [0.15, 0.2) is 169 Å². The molecular weight excluding hydrogens is 661 g/mol. The lowest BCUT2D eigenvalue weighted by atomic mass is 9.46. The first-order valence-electron chi connectivity index (χ1n) is 18.3. The van der Waals surface area contributed by atoms with Gasteiger partial charge in [-0.05, 0) is 81.0 Å². The summed E-state index contributed by atoms with van der Waals surface area (Å²) in [4.78, 5) is 3.90. The molecular formula is C48H28BN3S. The molecule has 8 aromatic carbocycles. The number of benzene rings is 8. The van der Waals surface area contributed by atoms with E-state index in [1.54, 1.807) is 0 Å². The summed E-state index contributed by atoms with van der Waals surface area (Å²) in [7, 11) is 0. The number of aromatic nitrogens is 2. The van der Waals surface area contributed by atoms with Crippen LogP contribution in [-0.4, -0.2) is 15.9 Å². The molecule has 0 aliphatic carbocycles. The number of fused-ring (bicyclic) bond motifs is 13. The fourth-order valence-corrected chi connectivity index (χ4v) is 10.8. The Labute approximate surface area is 309 Å². The summed E-state index contributed by atoms with van der Waals surface area (Å²) in [5.41, 5.74) is 14.0. The number of anilines is 3. The molecule has 0 saturated carbocycles. The van der Waals surface area contributed by atoms with Crippen LogP contribution in [0.3, 0.4) is 0 Å². The van der Waals surface area contributed by atoms with E-state index in [0.717, 1.165) is 0 Å². The molecule has 5 heteroatoms. The minimum absolute atomic E-state index is 0.0254. The minimum Gasteiger partial charge on any atom is -0.375 e. The quantitative estimate of drug-likeness (QED) is 0.165. The van der Waals surface area contributed by atoms with Gasteiger partial charge in [0, 0.05) is 65.5 Å². The van der Waals surface area contributed by atoms with Crippen molar-refractivity contribution in [3.63, 3.8) is 0 Å². The largest absolute Gasteiger partial charge is 0.375 e. The topological polar surface area (TPSA) is 13.1 Å². The van der Waals surface area contributed by atoms with Crippen LogP contribution in [0, 0.1) is 0 Å². The Balaban J connectivity index is 1.21. The molecule has 2 aliphatic rings. The van der Waals surface area contributed by atoms with E-state index in [-0.39, 0.29) is 6.85 Å². The molecule has 0 N–H and O–H groups in total. The van der Waals surface area contributed by atoms with Crippen molar-refractivity contribution in [1.82, 2.24) is 9.05 Å². The van der Waals surface area contributed by atoms with Gasteiger partial charge in [-0.15, -0.1) is 11.3 Å². The molecule has 11 aromatic rings. The van der Waals surface area contributed by atoms with Gasteiger partial charge in [0.05, 0.1) is 16.7 Å². The predicted molar refractivity (Wildman–Crippen MR) is 227 cm³/mol. The highest BCUT2D eigenvalue weighted by Crippen LogP contribution is 2.51. The molecule has 53 heavy (non-hydrogen) atoms. The van der Waals surface area contributed by atoms with Crippen molar-refractivity contribution in [2.75, 3.05) is 4.90 Å². The van der Waals surface area contributed by atoms with Crippen molar-refractivity contribution in [1.29, 1.82) is 0 Å². The Morgan fingerprint density at radius 1 is 0.472 bits per heavy atom. The van der Waals surface area contributed by atoms with E-state index in [4.69, 9.17) is 0 Å². The molecule has 5 heterocycles. The van der Waals surface area contributed by atoms with E-state index in [2.05, 4.69) is 183 Å². The number of rotatable bonds is 2. The van der Waals surface area contributed by atoms with Gasteiger partial charge < -0.3 is 13.9 Å². The monoisotopic (exact) mass is 689 g/mol. The third-order valence-electron chi connectivity index (χ3n) is 11.9. The van der Waals surface area contributed by atoms with Crippen molar-refractivity contribution >= 4 is 111 Å². The van der Waals surface area contributed by atoms with Gasteiger partial charge in [0.25, 0.3) is 0 Å². The summed E-state index contributed by atoms with van der Waals surface area (Å²) >= 11 is 1.90. The van der Waals surface area contributed by atoms with Gasteiger partial charge in [-0.2, -0.15) is 0 Å². The fourth-order valence-electron chi connectivity index (χ4n) is 9.75. The van der Waals surface area contributed by atoms with Gasteiger partial charge in [-0.25, -0.2) is 0 Å². The zero-order valence-corrected chi connectivity index (χ0v) is 29.3. The molecule has 13 rings (SSSR count). The Hall–Kier alpha value is -6.56. The Kier molecular flexibility index (Phi) is 5.33. The molecule has 0 unspecified atom stereocenters. The van der Waals surface area contributed by atoms with Crippen LogP contribution in [0.1, 0.15) is 0 Å². The highest BCUT2D eigenvalue weighted by molar-refractivity contribution is 7.17. The molecule has 0 amide bonds. The molecule has 3 aromatic heterocycles. The predicted octanol–water partition coefficient (Wildman–Crippen LogP) is 11.7. The van der Waals surface area contributed by atoms with Crippen LogP contribution in [-0.2, 0) is 0 Å². The smallest absolute Gasteiger partial charge is 0.333 e. The Bertz CT molecular complexity index is 3370. The maximum atomic E-state index is 2.69. The fraction of sp³-hybridized carbons (Fsp3) is 0. The van der Waals surface area contributed by atoms with E-state index in [1.165, 1.54) is 109 Å². The van der Waals surface area contributed by atoms with E-state index >= 15 is 0 Å². The second-order valence-electron chi connectivity index (χ2n) is 14.5. The first-order valence-corrected chi connectivity index (χ1v) is 19.2. The normalized spacial score (nSPS) is 13.2.